The molecule has 5 nitrogen and oxygen atoms in total. The first-order chi connectivity index (χ1) is 9.06. The number of anilines is 1. The molecule has 1 saturated heterocycles. The number of nitrogens with two attached hydrogens (primary N) is 1. The van der Waals surface area contributed by atoms with E-state index in [-0.39, 0.29) is 5.56 Å². The average molecular weight is 264 g/mol. The van der Waals surface area contributed by atoms with Crippen LogP contribution in [0.5, 0.6) is 5.75 Å². The van der Waals surface area contributed by atoms with Crippen molar-refractivity contribution < 1.29 is 14.6 Å². The second-order valence-corrected chi connectivity index (χ2v) is 5.12. The first-order valence-corrected chi connectivity index (χ1v) is 6.50. The van der Waals surface area contributed by atoms with Gasteiger partial charge in [0.15, 0.2) is 0 Å². The van der Waals surface area contributed by atoms with Crippen LogP contribution in [0.2, 0.25) is 0 Å². The molecule has 0 aromatic heterocycles. The fourth-order valence-corrected chi connectivity index (χ4v) is 2.25. The van der Waals surface area contributed by atoms with Gasteiger partial charge in [-0.1, -0.05) is 0 Å². The van der Waals surface area contributed by atoms with Gasteiger partial charge in [0.25, 0.3) is 0 Å². The summed E-state index contributed by atoms with van der Waals surface area (Å²) in [6, 6.07) is 4.59. The van der Waals surface area contributed by atoms with Crippen LogP contribution in [0.1, 0.15) is 23.2 Å². The lowest BCUT2D eigenvalue weighted by molar-refractivity contribution is 0.0697. The van der Waals surface area contributed by atoms with Crippen molar-refractivity contribution in [1.29, 1.82) is 0 Å². The van der Waals surface area contributed by atoms with E-state index < -0.39 is 5.97 Å². The van der Waals surface area contributed by atoms with E-state index in [4.69, 9.17) is 15.6 Å². The minimum Gasteiger partial charge on any atom is -0.491 e. The molecule has 0 spiro atoms. The molecule has 1 heterocycles. The fourth-order valence-electron chi connectivity index (χ4n) is 2.25. The first-order valence-electron chi connectivity index (χ1n) is 6.50. The molecular weight excluding hydrogens is 244 g/mol. The largest absolute Gasteiger partial charge is 0.491 e. The number of nitrogens with zero attached hydrogens (tertiary/aromatic N) is 1. The Hall–Kier alpha value is -1.75. The molecule has 3 N–H and O–H groups in total. The van der Waals surface area contributed by atoms with Crippen LogP contribution in [-0.2, 0) is 0 Å². The average Bonchev–Trinajstić information content (AvgIpc) is 2.39. The zero-order valence-corrected chi connectivity index (χ0v) is 11.1. The highest BCUT2D eigenvalue weighted by atomic mass is 16.5. The van der Waals surface area contributed by atoms with Crippen LogP contribution in [0, 0.1) is 5.92 Å². The van der Waals surface area contributed by atoms with Gasteiger partial charge >= 0.3 is 5.97 Å². The summed E-state index contributed by atoms with van der Waals surface area (Å²) in [7, 11) is 2.12. The van der Waals surface area contributed by atoms with Gasteiger partial charge in [-0.15, -0.1) is 0 Å². The SMILES string of the molecule is CN1CCC(COc2ccc(C(=O)O)cc2N)CC1. The number of likely N-dealkylation sites (tertiary alicyclic amines) is 1. The highest BCUT2D eigenvalue weighted by molar-refractivity contribution is 5.89. The lowest BCUT2D eigenvalue weighted by Crippen LogP contribution is -2.32. The Morgan fingerprint density at radius 3 is 2.74 bits per heavy atom. The number of rotatable bonds is 4. The van der Waals surface area contributed by atoms with Crippen molar-refractivity contribution >= 4 is 11.7 Å². The monoisotopic (exact) mass is 264 g/mol. The molecular formula is C14H20N2O3. The highest BCUT2D eigenvalue weighted by Gasteiger charge is 2.17. The zero-order valence-electron chi connectivity index (χ0n) is 11.1. The molecule has 2 rings (SSSR count). The zero-order chi connectivity index (χ0) is 13.8. The van der Waals surface area contributed by atoms with Gasteiger partial charge in [-0.2, -0.15) is 0 Å². The van der Waals surface area contributed by atoms with Crippen LogP contribution in [0.4, 0.5) is 5.69 Å². The Kier molecular flexibility index (Phi) is 4.27. The molecule has 1 aromatic carbocycles. The third kappa shape index (κ3) is 3.61. The number of nitrogen functional groups attached to an aromatic ring is 1. The molecule has 104 valence electrons. The van der Waals surface area contributed by atoms with Crippen molar-refractivity contribution in [3.63, 3.8) is 0 Å². The Bertz CT molecular complexity index is 454. The Morgan fingerprint density at radius 2 is 2.16 bits per heavy atom. The lowest BCUT2D eigenvalue weighted by atomic mass is 9.98. The van der Waals surface area contributed by atoms with E-state index in [1.807, 2.05) is 0 Å². The van der Waals surface area contributed by atoms with Crippen LogP contribution in [0.25, 0.3) is 0 Å². The van der Waals surface area contributed by atoms with E-state index in [1.165, 1.54) is 12.1 Å². The van der Waals surface area contributed by atoms with E-state index in [9.17, 15) is 4.79 Å². The van der Waals surface area contributed by atoms with Crippen molar-refractivity contribution in [2.45, 2.75) is 12.8 Å². The summed E-state index contributed by atoms with van der Waals surface area (Å²) in [6.07, 6.45) is 2.26. The summed E-state index contributed by atoms with van der Waals surface area (Å²) in [5, 5.41) is 8.86. The standard InChI is InChI=1S/C14H20N2O3/c1-16-6-4-10(5-7-16)9-19-13-3-2-11(14(17)18)8-12(13)15/h2-3,8,10H,4-7,9,15H2,1H3,(H,17,18). The molecule has 0 saturated carbocycles. The fraction of sp³-hybridized carbons (Fsp3) is 0.500. The van der Waals surface area contributed by atoms with Gasteiger partial charge in [0.05, 0.1) is 17.9 Å². The van der Waals surface area contributed by atoms with Crippen molar-refractivity contribution in [1.82, 2.24) is 4.90 Å². The number of hydrogen-bond donors (Lipinski definition) is 2. The second kappa shape index (κ2) is 5.93. The summed E-state index contributed by atoms with van der Waals surface area (Å²) >= 11 is 0. The van der Waals surface area contributed by atoms with Crippen molar-refractivity contribution in [2.75, 3.05) is 32.5 Å². The van der Waals surface area contributed by atoms with Gasteiger partial charge in [-0.25, -0.2) is 4.79 Å². The molecule has 1 fully saturated rings. The van der Waals surface area contributed by atoms with Gasteiger partial charge in [0.2, 0.25) is 0 Å². The smallest absolute Gasteiger partial charge is 0.335 e. The Morgan fingerprint density at radius 1 is 1.47 bits per heavy atom. The molecule has 1 aliphatic rings. The van der Waals surface area contributed by atoms with E-state index >= 15 is 0 Å². The Balaban J connectivity index is 1.91. The van der Waals surface area contributed by atoms with Crippen LogP contribution >= 0.6 is 0 Å². The highest BCUT2D eigenvalue weighted by Crippen LogP contribution is 2.24. The molecule has 19 heavy (non-hydrogen) atoms. The summed E-state index contributed by atoms with van der Waals surface area (Å²) in [5.41, 5.74) is 6.37. The number of benzene rings is 1. The molecule has 0 aliphatic carbocycles. The lowest BCUT2D eigenvalue weighted by Gasteiger charge is -2.28. The predicted molar refractivity (Wildman–Crippen MR) is 73.5 cm³/mol. The maximum absolute atomic E-state index is 10.8. The van der Waals surface area contributed by atoms with Gasteiger partial charge in [-0.05, 0) is 57.1 Å². The molecule has 5 heteroatoms. The summed E-state index contributed by atoms with van der Waals surface area (Å²) in [5.74, 6) is 0.146. The van der Waals surface area contributed by atoms with Crippen LogP contribution in [-0.4, -0.2) is 42.7 Å². The van der Waals surface area contributed by atoms with Crippen LogP contribution in [0.3, 0.4) is 0 Å². The number of aromatic carboxylic acids is 1. The quantitative estimate of drug-likeness (QED) is 0.809. The number of piperidine rings is 1. The summed E-state index contributed by atoms with van der Waals surface area (Å²) in [6.45, 7) is 2.84. The Labute approximate surface area is 113 Å². The maximum atomic E-state index is 10.8. The molecule has 0 bridgehead atoms. The normalized spacial score (nSPS) is 17.3. The van der Waals surface area contributed by atoms with Crippen molar-refractivity contribution in [3.05, 3.63) is 23.8 Å². The number of hydrogen-bond acceptors (Lipinski definition) is 4. The number of carboxylic acid groups (broad SMARTS) is 1. The minimum absolute atomic E-state index is 0.184. The van der Waals surface area contributed by atoms with Gasteiger partial charge < -0.3 is 20.5 Å². The summed E-state index contributed by atoms with van der Waals surface area (Å²) in [4.78, 5) is 13.1. The molecule has 1 aromatic rings. The van der Waals surface area contributed by atoms with E-state index in [0.29, 0.717) is 24.0 Å². The van der Waals surface area contributed by atoms with Gasteiger partial charge in [-0.3, -0.25) is 0 Å². The minimum atomic E-state index is -0.978. The number of carbonyl (C=O) groups is 1. The van der Waals surface area contributed by atoms with E-state index in [1.54, 1.807) is 6.07 Å². The van der Waals surface area contributed by atoms with Crippen molar-refractivity contribution in [2.24, 2.45) is 5.92 Å². The maximum Gasteiger partial charge on any atom is 0.335 e. The number of carboxylic acids is 1. The van der Waals surface area contributed by atoms with E-state index in [0.717, 1.165) is 25.9 Å². The van der Waals surface area contributed by atoms with Crippen molar-refractivity contribution in [3.8, 4) is 5.75 Å². The van der Waals surface area contributed by atoms with E-state index in [2.05, 4.69) is 11.9 Å². The molecule has 0 radical (unpaired) electrons. The van der Waals surface area contributed by atoms with Crippen LogP contribution in [0.15, 0.2) is 18.2 Å². The number of ether oxygens (including phenoxy) is 1. The molecule has 1 aliphatic heterocycles. The molecule has 0 unspecified atom stereocenters. The van der Waals surface area contributed by atoms with Gasteiger partial charge in [0, 0.05) is 0 Å². The second-order valence-electron chi connectivity index (χ2n) is 5.12. The summed E-state index contributed by atoms with van der Waals surface area (Å²) < 4.78 is 5.71. The predicted octanol–water partition coefficient (Wildman–Crippen LogP) is 1.69. The van der Waals surface area contributed by atoms with Gasteiger partial charge in [0.1, 0.15) is 5.75 Å². The first kappa shape index (κ1) is 13.7. The topological polar surface area (TPSA) is 75.8 Å². The third-order valence-corrected chi connectivity index (χ3v) is 3.57. The molecule has 0 amide bonds. The molecule has 0 atom stereocenters. The van der Waals surface area contributed by atoms with Crippen LogP contribution < -0.4 is 10.5 Å². The third-order valence-electron chi connectivity index (χ3n) is 3.57.